The molecule has 128 valence electrons. The molecule has 24 heavy (non-hydrogen) atoms. The summed E-state index contributed by atoms with van der Waals surface area (Å²) in [6.45, 7) is 3.51. The second kappa shape index (κ2) is 6.84. The van der Waals surface area contributed by atoms with Crippen molar-refractivity contribution in [2.75, 3.05) is 31.1 Å². The molecule has 5 nitrogen and oxygen atoms in total. The number of hydrogen-bond donors (Lipinski definition) is 0. The molecule has 0 N–H and O–H groups in total. The maximum Gasteiger partial charge on any atom is 0.252 e. The molecule has 1 aromatic heterocycles. The van der Waals surface area contributed by atoms with Crippen molar-refractivity contribution in [3.05, 3.63) is 46.3 Å². The predicted octanol–water partition coefficient (Wildman–Crippen LogP) is 3.12. The van der Waals surface area contributed by atoms with Crippen LogP contribution in [0.3, 0.4) is 0 Å². The number of sulfonamides is 1. The number of carbonyl (C=O) groups excluding carboxylic acids is 1. The average molecular weight is 385 g/mol. The van der Waals surface area contributed by atoms with Crippen LogP contribution in [0.2, 0.25) is 4.34 Å². The molecule has 8 heteroatoms. The average Bonchev–Trinajstić information content (AvgIpc) is 3.02. The summed E-state index contributed by atoms with van der Waals surface area (Å²) in [4.78, 5) is 13.6. The number of rotatable bonds is 4. The monoisotopic (exact) mass is 384 g/mol. The Kier molecular flexibility index (Phi) is 4.96. The molecule has 1 fully saturated rings. The summed E-state index contributed by atoms with van der Waals surface area (Å²) in [6, 6.07) is 10.6. The molecular formula is C16H17ClN2O3S2. The highest BCUT2D eigenvalue weighted by molar-refractivity contribution is 7.91. The number of thiophene rings is 1. The summed E-state index contributed by atoms with van der Waals surface area (Å²) in [7, 11) is -3.48. The van der Waals surface area contributed by atoms with Crippen molar-refractivity contribution in [3.8, 4) is 0 Å². The van der Waals surface area contributed by atoms with E-state index in [4.69, 9.17) is 11.6 Å². The van der Waals surface area contributed by atoms with Crippen LogP contribution in [0, 0.1) is 0 Å². The Morgan fingerprint density at radius 1 is 1.12 bits per heavy atom. The lowest BCUT2D eigenvalue weighted by Crippen LogP contribution is -2.48. The van der Waals surface area contributed by atoms with Crippen LogP contribution >= 0.6 is 22.9 Å². The number of nitrogens with zero attached hydrogens (tertiary/aromatic N) is 2. The minimum atomic E-state index is -3.48. The van der Waals surface area contributed by atoms with Crippen molar-refractivity contribution in [3.63, 3.8) is 0 Å². The van der Waals surface area contributed by atoms with Gasteiger partial charge in [0.2, 0.25) is 0 Å². The van der Waals surface area contributed by atoms with E-state index in [1.807, 2.05) is 18.2 Å². The van der Waals surface area contributed by atoms with Crippen LogP contribution in [0.15, 0.2) is 40.6 Å². The van der Waals surface area contributed by atoms with E-state index >= 15 is 0 Å². The highest BCUT2D eigenvalue weighted by Gasteiger charge is 2.29. The molecule has 2 heterocycles. The van der Waals surface area contributed by atoms with Gasteiger partial charge in [-0.3, -0.25) is 4.79 Å². The normalized spacial score (nSPS) is 16.3. The molecular weight excluding hydrogens is 368 g/mol. The third kappa shape index (κ3) is 3.49. The van der Waals surface area contributed by atoms with E-state index < -0.39 is 10.0 Å². The summed E-state index contributed by atoms with van der Waals surface area (Å²) in [5.41, 5.74) is 1.61. The van der Waals surface area contributed by atoms with Gasteiger partial charge in [0, 0.05) is 37.4 Å². The molecule has 1 aliphatic heterocycles. The number of piperazine rings is 1. The lowest BCUT2D eigenvalue weighted by atomic mass is 10.1. The summed E-state index contributed by atoms with van der Waals surface area (Å²) in [6.07, 6.45) is 0. The number of Topliss-reactive ketones (excluding diaryl/α,β-unsaturated/α-hetero) is 1. The first-order valence-electron chi connectivity index (χ1n) is 7.49. The van der Waals surface area contributed by atoms with Crippen molar-refractivity contribution in [1.29, 1.82) is 0 Å². The molecule has 1 aromatic carbocycles. The highest BCUT2D eigenvalue weighted by Crippen LogP contribution is 2.29. The smallest absolute Gasteiger partial charge is 0.252 e. The molecule has 0 saturated carbocycles. The number of benzene rings is 1. The third-order valence-corrected chi connectivity index (χ3v) is 7.60. The van der Waals surface area contributed by atoms with Crippen LogP contribution in [-0.4, -0.2) is 44.7 Å². The Morgan fingerprint density at radius 2 is 1.83 bits per heavy atom. The van der Waals surface area contributed by atoms with Crippen molar-refractivity contribution >= 4 is 44.4 Å². The Labute approximate surface area is 150 Å². The van der Waals surface area contributed by atoms with Gasteiger partial charge >= 0.3 is 0 Å². The van der Waals surface area contributed by atoms with Crippen LogP contribution in [-0.2, 0) is 10.0 Å². The van der Waals surface area contributed by atoms with Crippen LogP contribution in [0.4, 0.5) is 5.69 Å². The molecule has 0 atom stereocenters. The van der Waals surface area contributed by atoms with E-state index in [0.717, 1.165) is 17.0 Å². The van der Waals surface area contributed by atoms with Gasteiger partial charge < -0.3 is 4.90 Å². The molecule has 0 unspecified atom stereocenters. The molecule has 3 rings (SSSR count). The standard InChI is InChI=1S/C16H17ClN2O3S2/c1-12(20)13-3-2-4-14(11-13)18-7-9-19(10-8-18)24(21,22)16-6-5-15(17)23-16/h2-6,11H,7-10H2,1H3. The number of carbonyl (C=O) groups is 1. The molecule has 0 amide bonds. The van der Waals surface area contributed by atoms with Crippen molar-refractivity contribution in [1.82, 2.24) is 4.31 Å². The molecule has 1 saturated heterocycles. The molecule has 0 spiro atoms. The van der Waals surface area contributed by atoms with Crippen molar-refractivity contribution in [2.45, 2.75) is 11.1 Å². The zero-order valence-corrected chi connectivity index (χ0v) is 15.5. The predicted molar refractivity (Wildman–Crippen MR) is 96.7 cm³/mol. The number of halogens is 1. The number of anilines is 1. The second-order valence-corrected chi connectivity index (χ2v) is 9.44. The van der Waals surface area contributed by atoms with E-state index in [0.29, 0.717) is 36.1 Å². The fourth-order valence-corrected chi connectivity index (χ4v) is 5.73. The highest BCUT2D eigenvalue weighted by atomic mass is 35.5. The summed E-state index contributed by atoms with van der Waals surface area (Å²) >= 11 is 6.92. The van der Waals surface area contributed by atoms with E-state index in [1.54, 1.807) is 18.2 Å². The molecule has 2 aromatic rings. The van der Waals surface area contributed by atoms with Crippen LogP contribution in [0.25, 0.3) is 0 Å². The van der Waals surface area contributed by atoms with E-state index in [9.17, 15) is 13.2 Å². The SMILES string of the molecule is CC(=O)c1cccc(N2CCN(S(=O)(=O)c3ccc(Cl)s3)CC2)c1. The zero-order valence-electron chi connectivity index (χ0n) is 13.1. The number of ketones is 1. The fourth-order valence-electron chi connectivity index (χ4n) is 2.67. The van der Waals surface area contributed by atoms with Crippen molar-refractivity contribution in [2.24, 2.45) is 0 Å². The van der Waals surface area contributed by atoms with Gasteiger partial charge in [0.05, 0.1) is 4.34 Å². The lowest BCUT2D eigenvalue weighted by molar-refractivity contribution is 0.101. The van der Waals surface area contributed by atoms with Crippen molar-refractivity contribution < 1.29 is 13.2 Å². The first-order chi connectivity index (χ1) is 11.4. The molecule has 0 bridgehead atoms. The maximum atomic E-state index is 12.6. The minimum Gasteiger partial charge on any atom is -0.369 e. The lowest BCUT2D eigenvalue weighted by Gasteiger charge is -2.35. The second-order valence-electron chi connectivity index (χ2n) is 5.56. The van der Waals surface area contributed by atoms with E-state index in [2.05, 4.69) is 4.90 Å². The summed E-state index contributed by atoms with van der Waals surface area (Å²) in [5.74, 6) is 0.0210. The minimum absolute atomic E-state index is 0.0210. The van der Waals surface area contributed by atoms with Gasteiger partial charge in [-0.15, -0.1) is 11.3 Å². The third-order valence-electron chi connectivity index (χ3n) is 4.00. The topological polar surface area (TPSA) is 57.7 Å². The first kappa shape index (κ1) is 17.4. The van der Waals surface area contributed by atoms with E-state index in [-0.39, 0.29) is 9.99 Å². The summed E-state index contributed by atoms with van der Waals surface area (Å²) in [5, 5.41) is 0. The Bertz CT molecular complexity index is 856. The Hall–Kier alpha value is -1.41. The van der Waals surface area contributed by atoms with Gasteiger partial charge in [-0.2, -0.15) is 4.31 Å². The molecule has 0 aliphatic carbocycles. The maximum absolute atomic E-state index is 12.6. The zero-order chi connectivity index (χ0) is 17.3. The van der Waals surface area contributed by atoms with Gasteiger partial charge in [0.1, 0.15) is 4.21 Å². The van der Waals surface area contributed by atoms with Crippen LogP contribution in [0.5, 0.6) is 0 Å². The Morgan fingerprint density at radius 3 is 2.42 bits per heavy atom. The van der Waals surface area contributed by atoms with Gasteiger partial charge in [-0.25, -0.2) is 8.42 Å². The largest absolute Gasteiger partial charge is 0.369 e. The van der Waals surface area contributed by atoms with Gasteiger partial charge in [0.15, 0.2) is 5.78 Å². The quantitative estimate of drug-likeness (QED) is 0.760. The molecule has 1 aliphatic rings. The van der Waals surface area contributed by atoms with E-state index in [1.165, 1.54) is 11.2 Å². The summed E-state index contributed by atoms with van der Waals surface area (Å²) < 4.78 is 27.4. The molecule has 0 radical (unpaired) electrons. The van der Waals surface area contributed by atoms with Gasteiger partial charge in [-0.05, 0) is 31.2 Å². The van der Waals surface area contributed by atoms with Crippen LogP contribution < -0.4 is 4.90 Å². The Balaban J connectivity index is 1.72. The number of hydrogen-bond acceptors (Lipinski definition) is 5. The first-order valence-corrected chi connectivity index (χ1v) is 10.1. The van der Waals surface area contributed by atoms with Gasteiger partial charge in [-0.1, -0.05) is 23.7 Å². The fraction of sp³-hybridized carbons (Fsp3) is 0.312. The van der Waals surface area contributed by atoms with Gasteiger partial charge in [0.25, 0.3) is 10.0 Å². The van der Waals surface area contributed by atoms with Crippen LogP contribution in [0.1, 0.15) is 17.3 Å².